The minimum absolute atomic E-state index is 0.331. The highest BCUT2D eigenvalue weighted by Gasteiger charge is 2.33. The highest BCUT2D eigenvalue weighted by Crippen LogP contribution is 2.30. The van der Waals surface area contributed by atoms with Crippen LogP contribution in [0.3, 0.4) is 0 Å². The lowest BCUT2D eigenvalue weighted by atomic mass is 10.0. The first kappa shape index (κ1) is 10.7. The fraction of sp³-hybridized carbons (Fsp3) is 0.364. The molecule has 0 amide bonds. The van der Waals surface area contributed by atoms with Gasteiger partial charge in [0.25, 0.3) is 0 Å². The normalized spacial score (nSPS) is 16.0. The minimum Gasteiger partial charge on any atom is -0.355 e. The molecule has 0 aliphatic carbocycles. The van der Waals surface area contributed by atoms with Crippen molar-refractivity contribution in [3.63, 3.8) is 0 Å². The molecule has 0 spiro atoms. The number of halogens is 1. The summed E-state index contributed by atoms with van der Waals surface area (Å²) in [6, 6.07) is 3.93. The lowest BCUT2D eigenvalue weighted by Gasteiger charge is -2.38. The van der Waals surface area contributed by atoms with Gasteiger partial charge in [0.15, 0.2) is 5.82 Å². The Morgan fingerprint density at radius 2 is 2.29 bits per heavy atom. The number of aromatic nitrogens is 3. The fourth-order valence-corrected chi connectivity index (χ4v) is 2.19. The molecule has 2 aromatic rings. The Labute approximate surface area is 107 Å². The molecule has 0 atom stereocenters. The van der Waals surface area contributed by atoms with Gasteiger partial charge in [0, 0.05) is 23.8 Å². The lowest BCUT2D eigenvalue weighted by molar-refractivity contribution is 0.326. The van der Waals surface area contributed by atoms with Crippen LogP contribution >= 0.6 is 15.9 Å². The van der Waals surface area contributed by atoms with E-state index in [-0.39, 0.29) is 0 Å². The van der Waals surface area contributed by atoms with Crippen LogP contribution in [0.5, 0.6) is 0 Å². The molecule has 2 aromatic heterocycles. The van der Waals surface area contributed by atoms with E-state index in [0.717, 1.165) is 29.3 Å². The van der Waals surface area contributed by atoms with Crippen LogP contribution in [0.25, 0.3) is 0 Å². The lowest BCUT2D eigenvalue weighted by Crippen LogP contribution is -2.45. The second-order valence-electron chi connectivity index (χ2n) is 4.11. The minimum atomic E-state index is 0.331. The molecule has 1 aliphatic heterocycles. The van der Waals surface area contributed by atoms with Crippen LogP contribution in [0.4, 0.5) is 5.82 Å². The van der Waals surface area contributed by atoms with Crippen molar-refractivity contribution in [3.8, 4) is 0 Å². The highest BCUT2D eigenvalue weighted by atomic mass is 79.9. The maximum atomic E-state index is 5.16. The Bertz CT molecular complexity index is 536. The van der Waals surface area contributed by atoms with Crippen molar-refractivity contribution in [3.05, 3.63) is 34.5 Å². The second kappa shape index (κ2) is 4.10. The molecule has 17 heavy (non-hydrogen) atoms. The monoisotopic (exact) mass is 294 g/mol. The van der Waals surface area contributed by atoms with Crippen LogP contribution in [0.1, 0.15) is 17.6 Å². The van der Waals surface area contributed by atoms with Gasteiger partial charge in [-0.15, -0.1) is 0 Å². The van der Waals surface area contributed by atoms with E-state index in [2.05, 4.69) is 36.0 Å². The molecular formula is C11H11BrN4O. The van der Waals surface area contributed by atoms with E-state index in [1.807, 2.05) is 19.1 Å². The quantitative estimate of drug-likeness (QED) is 0.849. The summed E-state index contributed by atoms with van der Waals surface area (Å²) < 4.78 is 6.20. The predicted molar refractivity (Wildman–Crippen MR) is 65.9 cm³/mol. The largest absolute Gasteiger partial charge is 0.355 e. The molecule has 0 N–H and O–H groups in total. The average Bonchev–Trinajstić information content (AvgIpc) is 2.63. The van der Waals surface area contributed by atoms with Gasteiger partial charge >= 0.3 is 0 Å². The predicted octanol–water partition coefficient (Wildman–Crippen LogP) is 2.14. The first-order chi connectivity index (χ1) is 8.22. The van der Waals surface area contributed by atoms with Gasteiger partial charge in [-0.2, -0.15) is 4.98 Å². The maximum absolute atomic E-state index is 5.16. The zero-order valence-electron chi connectivity index (χ0n) is 9.30. The Hall–Kier alpha value is -1.43. The van der Waals surface area contributed by atoms with E-state index in [0.29, 0.717) is 11.7 Å². The van der Waals surface area contributed by atoms with Gasteiger partial charge in [0.1, 0.15) is 5.82 Å². The van der Waals surface area contributed by atoms with Gasteiger partial charge in [-0.05, 0) is 19.1 Å². The Balaban J connectivity index is 1.69. The number of anilines is 1. The van der Waals surface area contributed by atoms with Crippen LogP contribution in [0.15, 0.2) is 27.3 Å². The van der Waals surface area contributed by atoms with Crippen molar-refractivity contribution in [2.24, 2.45) is 0 Å². The number of pyridine rings is 1. The number of aryl methyl sites for hydroxylation is 1. The molecule has 0 unspecified atom stereocenters. The van der Waals surface area contributed by atoms with Gasteiger partial charge in [0.05, 0.1) is 5.92 Å². The zero-order valence-corrected chi connectivity index (χ0v) is 10.9. The third-order valence-electron chi connectivity index (χ3n) is 2.81. The van der Waals surface area contributed by atoms with Crippen molar-refractivity contribution in [2.45, 2.75) is 12.8 Å². The van der Waals surface area contributed by atoms with Crippen LogP contribution in [0, 0.1) is 6.92 Å². The summed E-state index contributed by atoms with van der Waals surface area (Å²) >= 11 is 3.44. The van der Waals surface area contributed by atoms with E-state index in [4.69, 9.17) is 4.52 Å². The SMILES string of the molecule is Cc1noc(C2CN(c3cc(Br)ccn3)C2)n1. The summed E-state index contributed by atoms with van der Waals surface area (Å²) in [5.41, 5.74) is 0. The van der Waals surface area contributed by atoms with Gasteiger partial charge < -0.3 is 9.42 Å². The number of nitrogens with zero attached hydrogens (tertiary/aromatic N) is 4. The standard InChI is InChI=1S/C11H11BrN4O/c1-7-14-11(17-15-7)8-5-16(6-8)10-4-9(12)2-3-13-10/h2-4,8H,5-6H2,1H3. The smallest absolute Gasteiger partial charge is 0.233 e. The van der Waals surface area contributed by atoms with Crippen molar-refractivity contribution in [2.75, 3.05) is 18.0 Å². The van der Waals surface area contributed by atoms with Crippen molar-refractivity contribution in [1.29, 1.82) is 0 Å². The topological polar surface area (TPSA) is 55.1 Å². The Kier molecular flexibility index (Phi) is 2.58. The van der Waals surface area contributed by atoms with Crippen molar-refractivity contribution in [1.82, 2.24) is 15.1 Å². The molecule has 0 saturated carbocycles. The van der Waals surface area contributed by atoms with Gasteiger partial charge in [-0.3, -0.25) is 0 Å². The second-order valence-corrected chi connectivity index (χ2v) is 5.03. The van der Waals surface area contributed by atoms with E-state index in [1.54, 1.807) is 6.20 Å². The molecular weight excluding hydrogens is 284 g/mol. The van der Waals surface area contributed by atoms with Crippen LogP contribution < -0.4 is 4.90 Å². The van der Waals surface area contributed by atoms with E-state index >= 15 is 0 Å². The van der Waals surface area contributed by atoms with E-state index in [1.165, 1.54) is 0 Å². The summed E-state index contributed by atoms with van der Waals surface area (Å²) in [5.74, 6) is 2.73. The molecule has 88 valence electrons. The summed E-state index contributed by atoms with van der Waals surface area (Å²) in [6.07, 6.45) is 1.80. The maximum Gasteiger partial charge on any atom is 0.233 e. The Morgan fingerprint density at radius 1 is 1.47 bits per heavy atom. The molecule has 0 radical (unpaired) electrons. The number of hydrogen-bond donors (Lipinski definition) is 0. The number of hydrogen-bond acceptors (Lipinski definition) is 5. The first-order valence-electron chi connectivity index (χ1n) is 5.39. The molecule has 5 nitrogen and oxygen atoms in total. The molecule has 1 fully saturated rings. The van der Waals surface area contributed by atoms with Crippen molar-refractivity contribution < 1.29 is 4.52 Å². The molecule has 3 heterocycles. The summed E-state index contributed by atoms with van der Waals surface area (Å²) in [6.45, 7) is 3.59. The summed E-state index contributed by atoms with van der Waals surface area (Å²) in [7, 11) is 0. The van der Waals surface area contributed by atoms with Crippen LogP contribution in [-0.4, -0.2) is 28.2 Å². The molecule has 6 heteroatoms. The first-order valence-corrected chi connectivity index (χ1v) is 6.18. The molecule has 3 rings (SSSR count). The van der Waals surface area contributed by atoms with Gasteiger partial charge in [0.2, 0.25) is 5.89 Å². The average molecular weight is 295 g/mol. The van der Waals surface area contributed by atoms with Crippen molar-refractivity contribution >= 4 is 21.7 Å². The summed E-state index contributed by atoms with van der Waals surface area (Å²) in [5, 5.41) is 3.80. The fourth-order valence-electron chi connectivity index (χ4n) is 1.87. The molecule has 0 aromatic carbocycles. The van der Waals surface area contributed by atoms with E-state index < -0.39 is 0 Å². The molecule has 0 bridgehead atoms. The summed E-state index contributed by atoms with van der Waals surface area (Å²) in [4.78, 5) is 10.8. The van der Waals surface area contributed by atoms with Gasteiger partial charge in [-0.1, -0.05) is 21.1 Å². The zero-order chi connectivity index (χ0) is 11.8. The van der Waals surface area contributed by atoms with Gasteiger partial charge in [-0.25, -0.2) is 4.98 Å². The van der Waals surface area contributed by atoms with Crippen LogP contribution in [0.2, 0.25) is 0 Å². The number of rotatable bonds is 2. The molecule has 1 saturated heterocycles. The third-order valence-corrected chi connectivity index (χ3v) is 3.30. The third kappa shape index (κ3) is 2.04. The van der Waals surface area contributed by atoms with E-state index in [9.17, 15) is 0 Å². The molecule has 1 aliphatic rings. The Morgan fingerprint density at radius 3 is 2.94 bits per heavy atom. The van der Waals surface area contributed by atoms with Crippen LogP contribution in [-0.2, 0) is 0 Å². The highest BCUT2D eigenvalue weighted by molar-refractivity contribution is 9.10.